The molecule has 144 valence electrons. The van der Waals surface area contributed by atoms with Crippen molar-refractivity contribution in [1.29, 1.82) is 0 Å². The molecule has 1 aliphatic rings. The van der Waals surface area contributed by atoms with Gasteiger partial charge in [0, 0.05) is 40.3 Å². The molecule has 7 heteroatoms. The monoisotopic (exact) mass is 458 g/mol. The lowest BCUT2D eigenvalue weighted by atomic mass is 10.0. The molecule has 0 radical (unpaired) electrons. The van der Waals surface area contributed by atoms with E-state index in [-0.39, 0.29) is 11.9 Å². The van der Waals surface area contributed by atoms with E-state index in [4.69, 9.17) is 11.6 Å². The largest absolute Gasteiger partial charge is 0.353 e. The van der Waals surface area contributed by atoms with Gasteiger partial charge in [-0.15, -0.1) is 0 Å². The summed E-state index contributed by atoms with van der Waals surface area (Å²) in [4.78, 5) is 14.7. The van der Waals surface area contributed by atoms with E-state index in [0.29, 0.717) is 10.6 Å². The molecular formula is C21H20BrClN4O. The van der Waals surface area contributed by atoms with Crippen LogP contribution in [-0.4, -0.2) is 35.2 Å². The van der Waals surface area contributed by atoms with Crippen molar-refractivity contribution in [3.05, 3.63) is 69.7 Å². The third kappa shape index (κ3) is 4.39. The van der Waals surface area contributed by atoms with Gasteiger partial charge in [-0.25, -0.2) is 0 Å². The highest BCUT2D eigenvalue weighted by Gasteiger charge is 2.23. The second-order valence-electron chi connectivity index (χ2n) is 6.91. The average Bonchev–Trinajstić information content (AvgIpc) is 3.19. The molecule has 2 N–H and O–H groups in total. The number of nitrogens with zero attached hydrogens (tertiary/aromatic N) is 2. The van der Waals surface area contributed by atoms with Crippen LogP contribution in [0, 0.1) is 0 Å². The second-order valence-corrected chi connectivity index (χ2v) is 8.26. The molecule has 0 saturated carbocycles. The highest BCUT2D eigenvalue weighted by Crippen LogP contribution is 2.25. The second kappa shape index (κ2) is 8.37. The lowest BCUT2D eigenvalue weighted by molar-refractivity contribution is 0.0933. The minimum absolute atomic E-state index is 0.0387. The third-order valence-corrected chi connectivity index (χ3v) is 5.69. The topological polar surface area (TPSA) is 61.0 Å². The first-order valence-corrected chi connectivity index (χ1v) is 10.4. The van der Waals surface area contributed by atoms with E-state index in [2.05, 4.69) is 36.3 Å². The van der Waals surface area contributed by atoms with Gasteiger partial charge in [0.1, 0.15) is 0 Å². The zero-order valence-corrected chi connectivity index (χ0v) is 17.5. The van der Waals surface area contributed by atoms with Crippen molar-refractivity contribution >= 4 is 39.3 Å². The average molecular weight is 460 g/mol. The maximum absolute atomic E-state index is 12.5. The van der Waals surface area contributed by atoms with E-state index in [0.717, 1.165) is 47.5 Å². The standard InChI is InChI=1S/C21H20BrClN4O/c22-16-7-3-15(4-8-16)21(28)24-18-2-1-11-27(13-18)20-12-19(25-26-20)14-5-9-17(23)10-6-14/h3-10,12,18H,1-2,11,13H2,(H,24,28)(H,25,26). The van der Waals surface area contributed by atoms with Gasteiger partial charge < -0.3 is 10.2 Å². The minimum atomic E-state index is -0.0387. The Hall–Kier alpha value is -2.31. The summed E-state index contributed by atoms with van der Waals surface area (Å²) in [5, 5.41) is 11.4. The van der Waals surface area contributed by atoms with E-state index in [1.807, 2.05) is 54.6 Å². The van der Waals surface area contributed by atoms with E-state index in [1.165, 1.54) is 0 Å². The van der Waals surface area contributed by atoms with Crippen molar-refractivity contribution in [3.63, 3.8) is 0 Å². The van der Waals surface area contributed by atoms with Gasteiger partial charge in [0.25, 0.3) is 5.91 Å². The summed E-state index contributed by atoms with van der Waals surface area (Å²) in [6, 6.07) is 17.2. The Kier molecular flexibility index (Phi) is 5.69. The predicted molar refractivity (Wildman–Crippen MR) is 116 cm³/mol. The molecule has 2 heterocycles. The van der Waals surface area contributed by atoms with Gasteiger partial charge in [-0.1, -0.05) is 39.7 Å². The van der Waals surface area contributed by atoms with Crippen molar-refractivity contribution in [3.8, 4) is 11.3 Å². The Morgan fingerprint density at radius 3 is 2.68 bits per heavy atom. The summed E-state index contributed by atoms with van der Waals surface area (Å²) in [5.41, 5.74) is 2.66. The predicted octanol–water partition coefficient (Wildman–Crippen LogP) is 4.89. The number of H-pyrrole nitrogens is 1. The number of piperidine rings is 1. The summed E-state index contributed by atoms with van der Waals surface area (Å²) in [7, 11) is 0. The molecule has 1 atom stereocenters. The van der Waals surface area contributed by atoms with Crippen LogP contribution in [0.15, 0.2) is 59.1 Å². The number of anilines is 1. The Bertz CT molecular complexity index is 955. The fraction of sp³-hybridized carbons (Fsp3) is 0.238. The third-order valence-electron chi connectivity index (χ3n) is 4.91. The van der Waals surface area contributed by atoms with Crippen LogP contribution in [-0.2, 0) is 0 Å². The number of halogens is 2. The van der Waals surface area contributed by atoms with Crippen LogP contribution in [0.5, 0.6) is 0 Å². The molecule has 1 amide bonds. The van der Waals surface area contributed by atoms with Crippen molar-refractivity contribution in [2.75, 3.05) is 18.0 Å². The molecule has 3 aromatic rings. The van der Waals surface area contributed by atoms with E-state index >= 15 is 0 Å². The Morgan fingerprint density at radius 2 is 1.93 bits per heavy atom. The lowest BCUT2D eigenvalue weighted by Crippen LogP contribution is -2.48. The van der Waals surface area contributed by atoms with Gasteiger partial charge in [0.05, 0.1) is 5.69 Å². The molecule has 1 unspecified atom stereocenters. The van der Waals surface area contributed by atoms with Gasteiger partial charge >= 0.3 is 0 Å². The SMILES string of the molecule is O=C(NC1CCCN(c2cc(-c3ccc(Cl)cc3)[nH]n2)C1)c1ccc(Br)cc1. The number of rotatable bonds is 4. The zero-order valence-electron chi connectivity index (χ0n) is 15.2. The first kappa shape index (κ1) is 19.0. The van der Waals surface area contributed by atoms with Gasteiger partial charge in [-0.05, 0) is 54.8 Å². The van der Waals surface area contributed by atoms with Crippen molar-refractivity contribution in [2.45, 2.75) is 18.9 Å². The highest BCUT2D eigenvalue weighted by atomic mass is 79.9. The quantitative estimate of drug-likeness (QED) is 0.584. The summed E-state index contributed by atoms with van der Waals surface area (Å²) in [6.07, 6.45) is 1.97. The number of aromatic nitrogens is 2. The zero-order chi connectivity index (χ0) is 19.5. The summed E-state index contributed by atoms with van der Waals surface area (Å²) in [6.45, 7) is 1.67. The van der Waals surface area contributed by atoms with Gasteiger partial charge in [-0.2, -0.15) is 5.10 Å². The van der Waals surface area contributed by atoms with Crippen molar-refractivity contribution in [1.82, 2.24) is 15.5 Å². The van der Waals surface area contributed by atoms with Crippen LogP contribution in [0.4, 0.5) is 5.82 Å². The molecule has 0 spiro atoms. The Balaban J connectivity index is 1.42. The molecule has 1 aromatic heterocycles. The summed E-state index contributed by atoms with van der Waals surface area (Å²) < 4.78 is 0.961. The normalized spacial score (nSPS) is 16.8. The highest BCUT2D eigenvalue weighted by molar-refractivity contribution is 9.10. The maximum atomic E-state index is 12.5. The molecule has 0 bridgehead atoms. The van der Waals surface area contributed by atoms with Crippen molar-refractivity contribution in [2.24, 2.45) is 0 Å². The lowest BCUT2D eigenvalue weighted by Gasteiger charge is -2.33. The molecule has 1 saturated heterocycles. The number of nitrogens with one attached hydrogen (secondary N) is 2. The minimum Gasteiger partial charge on any atom is -0.353 e. The Morgan fingerprint density at radius 1 is 1.18 bits per heavy atom. The van der Waals surface area contributed by atoms with Crippen LogP contribution in [0.1, 0.15) is 23.2 Å². The van der Waals surface area contributed by atoms with Crippen LogP contribution in [0.3, 0.4) is 0 Å². The molecule has 4 rings (SSSR count). The van der Waals surface area contributed by atoms with Gasteiger partial charge in [-0.3, -0.25) is 9.89 Å². The van der Waals surface area contributed by atoms with Gasteiger partial charge in [0.15, 0.2) is 5.82 Å². The molecule has 1 aliphatic heterocycles. The van der Waals surface area contributed by atoms with Crippen LogP contribution in [0.25, 0.3) is 11.3 Å². The molecule has 5 nitrogen and oxygen atoms in total. The number of carbonyl (C=O) groups is 1. The number of aromatic amines is 1. The maximum Gasteiger partial charge on any atom is 0.251 e. The smallest absolute Gasteiger partial charge is 0.251 e. The van der Waals surface area contributed by atoms with Gasteiger partial charge in [0.2, 0.25) is 0 Å². The fourth-order valence-corrected chi connectivity index (χ4v) is 3.81. The first-order chi connectivity index (χ1) is 13.6. The number of carbonyl (C=O) groups excluding carboxylic acids is 1. The van der Waals surface area contributed by atoms with Crippen molar-refractivity contribution < 1.29 is 4.79 Å². The van der Waals surface area contributed by atoms with E-state index in [1.54, 1.807) is 0 Å². The fourth-order valence-electron chi connectivity index (χ4n) is 3.42. The number of amides is 1. The number of hydrogen-bond donors (Lipinski definition) is 2. The van der Waals surface area contributed by atoms with Crippen LogP contribution < -0.4 is 10.2 Å². The van der Waals surface area contributed by atoms with E-state index < -0.39 is 0 Å². The number of benzene rings is 2. The molecule has 2 aromatic carbocycles. The molecular weight excluding hydrogens is 440 g/mol. The van der Waals surface area contributed by atoms with E-state index in [9.17, 15) is 4.79 Å². The first-order valence-electron chi connectivity index (χ1n) is 9.21. The molecule has 0 aliphatic carbocycles. The molecule has 1 fully saturated rings. The summed E-state index contributed by atoms with van der Waals surface area (Å²) >= 11 is 9.36. The molecule has 28 heavy (non-hydrogen) atoms. The number of hydrogen-bond acceptors (Lipinski definition) is 3. The van der Waals surface area contributed by atoms with Crippen LogP contribution in [0.2, 0.25) is 5.02 Å². The van der Waals surface area contributed by atoms with Crippen LogP contribution >= 0.6 is 27.5 Å². The summed E-state index contributed by atoms with van der Waals surface area (Å²) in [5.74, 6) is 0.857. The Labute approximate surface area is 177 Å².